The first-order valence-corrected chi connectivity index (χ1v) is 8.51. The maximum Gasteiger partial charge on any atom is 0.0302 e. The van der Waals surface area contributed by atoms with Crippen LogP contribution >= 0.6 is 11.3 Å². The molecule has 1 heterocycles. The lowest BCUT2D eigenvalue weighted by Gasteiger charge is -2.18. The van der Waals surface area contributed by atoms with E-state index in [0.717, 1.165) is 19.1 Å². The lowest BCUT2D eigenvalue weighted by atomic mass is 10.2. The largest absolute Gasteiger partial charge is 0.309 e. The van der Waals surface area contributed by atoms with Gasteiger partial charge in [0.15, 0.2) is 0 Å². The monoisotopic (exact) mass is 295 g/mol. The Labute approximate surface area is 128 Å². The second kappa shape index (κ2) is 7.55. The second-order valence-electron chi connectivity index (χ2n) is 6.34. The van der Waals surface area contributed by atoms with E-state index >= 15 is 0 Å². The number of hydrogen-bond acceptors (Lipinski definition) is 4. The minimum Gasteiger partial charge on any atom is -0.309 e. The van der Waals surface area contributed by atoms with Crippen LogP contribution in [0.5, 0.6) is 0 Å². The Balaban J connectivity index is 1.75. The second-order valence-corrected chi connectivity index (χ2v) is 7.68. The Morgan fingerprint density at radius 2 is 2.00 bits per heavy atom. The summed E-state index contributed by atoms with van der Waals surface area (Å²) >= 11 is 1.96. The molecule has 0 spiro atoms. The van der Waals surface area contributed by atoms with Crippen LogP contribution in [-0.4, -0.2) is 50.1 Å². The fourth-order valence-electron chi connectivity index (χ4n) is 2.39. The van der Waals surface area contributed by atoms with Crippen molar-refractivity contribution in [2.75, 3.05) is 34.2 Å². The van der Waals surface area contributed by atoms with Gasteiger partial charge in [0, 0.05) is 28.9 Å². The van der Waals surface area contributed by atoms with Crippen molar-refractivity contribution in [1.82, 2.24) is 15.1 Å². The zero-order chi connectivity index (χ0) is 14.5. The third kappa shape index (κ3) is 5.52. The Hall–Kier alpha value is -0.420. The normalized spacial score (nSPS) is 15.5. The summed E-state index contributed by atoms with van der Waals surface area (Å²) in [5.41, 5.74) is 1.51. The molecule has 1 fully saturated rings. The maximum atomic E-state index is 3.60. The highest BCUT2D eigenvalue weighted by molar-refractivity contribution is 7.12. The van der Waals surface area contributed by atoms with Crippen molar-refractivity contribution in [3.05, 3.63) is 21.4 Å². The molecule has 1 aromatic heterocycles. The lowest BCUT2D eigenvalue weighted by molar-refractivity contribution is 0.294. The lowest BCUT2D eigenvalue weighted by Crippen LogP contribution is -2.23. The van der Waals surface area contributed by atoms with Crippen molar-refractivity contribution in [2.24, 2.45) is 0 Å². The third-order valence-corrected chi connectivity index (χ3v) is 4.89. The molecule has 0 aliphatic heterocycles. The van der Waals surface area contributed by atoms with Gasteiger partial charge in [0.25, 0.3) is 0 Å². The van der Waals surface area contributed by atoms with Gasteiger partial charge in [-0.15, -0.1) is 11.3 Å². The van der Waals surface area contributed by atoms with Crippen LogP contribution in [0.4, 0.5) is 0 Å². The molecule has 0 radical (unpaired) electrons. The third-order valence-electron chi connectivity index (χ3n) is 3.80. The molecular weight excluding hydrogens is 266 g/mol. The summed E-state index contributed by atoms with van der Waals surface area (Å²) in [7, 11) is 6.51. The summed E-state index contributed by atoms with van der Waals surface area (Å²) in [5.74, 6) is 0. The predicted octanol–water partition coefficient (Wildman–Crippen LogP) is 2.69. The molecule has 2 rings (SSSR count). The average Bonchev–Trinajstić information content (AvgIpc) is 3.13. The number of hydrogen-bond donors (Lipinski definition) is 1. The topological polar surface area (TPSA) is 18.5 Å². The van der Waals surface area contributed by atoms with Gasteiger partial charge in [0.2, 0.25) is 0 Å². The molecule has 1 N–H and O–H groups in total. The van der Waals surface area contributed by atoms with Gasteiger partial charge in [-0.1, -0.05) is 0 Å². The molecule has 0 amide bonds. The predicted molar refractivity (Wildman–Crippen MR) is 88.4 cm³/mol. The van der Waals surface area contributed by atoms with Gasteiger partial charge >= 0.3 is 0 Å². The summed E-state index contributed by atoms with van der Waals surface area (Å²) in [6.45, 7) is 6.74. The van der Waals surface area contributed by atoms with Gasteiger partial charge in [-0.05, 0) is 72.0 Å². The van der Waals surface area contributed by atoms with Gasteiger partial charge in [0.1, 0.15) is 0 Å². The number of thiophene rings is 1. The molecule has 0 bridgehead atoms. The van der Waals surface area contributed by atoms with Crippen molar-refractivity contribution in [3.8, 4) is 0 Å². The van der Waals surface area contributed by atoms with Crippen LogP contribution in [0.3, 0.4) is 0 Å². The summed E-state index contributed by atoms with van der Waals surface area (Å²) in [6, 6.07) is 3.20. The van der Waals surface area contributed by atoms with E-state index in [1.165, 1.54) is 47.7 Å². The zero-order valence-corrected chi connectivity index (χ0v) is 14.2. The molecule has 0 saturated heterocycles. The summed E-state index contributed by atoms with van der Waals surface area (Å²) in [4.78, 5) is 7.67. The van der Waals surface area contributed by atoms with Crippen LogP contribution < -0.4 is 5.32 Å². The van der Waals surface area contributed by atoms with Gasteiger partial charge in [-0.2, -0.15) is 0 Å². The molecular formula is C16H29N3S. The Morgan fingerprint density at radius 3 is 2.65 bits per heavy atom. The fourth-order valence-corrected chi connectivity index (χ4v) is 3.40. The molecule has 1 aliphatic rings. The van der Waals surface area contributed by atoms with Gasteiger partial charge < -0.3 is 15.1 Å². The van der Waals surface area contributed by atoms with E-state index < -0.39 is 0 Å². The van der Waals surface area contributed by atoms with E-state index in [1.54, 1.807) is 0 Å². The molecule has 3 nitrogen and oxygen atoms in total. The molecule has 0 atom stereocenters. The smallest absolute Gasteiger partial charge is 0.0302 e. The molecule has 1 aromatic rings. The van der Waals surface area contributed by atoms with Crippen molar-refractivity contribution in [3.63, 3.8) is 0 Å². The molecule has 114 valence electrons. The van der Waals surface area contributed by atoms with Gasteiger partial charge in [-0.3, -0.25) is 0 Å². The first-order valence-electron chi connectivity index (χ1n) is 7.69. The van der Waals surface area contributed by atoms with Crippen molar-refractivity contribution >= 4 is 11.3 Å². The van der Waals surface area contributed by atoms with Crippen LogP contribution in [-0.2, 0) is 13.1 Å². The Kier molecular flexibility index (Phi) is 6.02. The first kappa shape index (κ1) is 16.0. The van der Waals surface area contributed by atoms with Crippen LogP contribution in [0.1, 0.15) is 34.6 Å². The highest BCUT2D eigenvalue weighted by atomic mass is 32.1. The zero-order valence-electron chi connectivity index (χ0n) is 13.4. The molecule has 20 heavy (non-hydrogen) atoms. The summed E-state index contributed by atoms with van der Waals surface area (Å²) in [6.07, 6.45) is 3.97. The number of nitrogens with one attached hydrogen (secondary N) is 1. The highest BCUT2D eigenvalue weighted by Gasteiger charge is 2.20. The van der Waals surface area contributed by atoms with E-state index in [0.29, 0.717) is 0 Å². The van der Waals surface area contributed by atoms with E-state index in [4.69, 9.17) is 0 Å². The van der Waals surface area contributed by atoms with Gasteiger partial charge in [-0.25, -0.2) is 0 Å². The minimum atomic E-state index is 0.801. The molecule has 1 aliphatic carbocycles. The SMILES string of the molecule is Cc1sc(CNC2CC2)cc1CN(C)CCCN(C)C. The first-order chi connectivity index (χ1) is 9.54. The highest BCUT2D eigenvalue weighted by Crippen LogP contribution is 2.25. The van der Waals surface area contributed by atoms with Crippen LogP contribution in [0.15, 0.2) is 6.07 Å². The standard InChI is InChI=1S/C16H29N3S/c1-13-14(12-19(4)9-5-8-18(2)3)10-16(20-13)11-17-15-6-7-15/h10,15,17H,5-9,11-12H2,1-4H3. The van der Waals surface area contributed by atoms with E-state index in [-0.39, 0.29) is 0 Å². The Bertz CT molecular complexity index is 410. The average molecular weight is 295 g/mol. The molecule has 0 unspecified atom stereocenters. The Morgan fingerprint density at radius 1 is 1.25 bits per heavy atom. The molecule has 1 saturated carbocycles. The number of nitrogens with zero attached hydrogens (tertiary/aromatic N) is 2. The fraction of sp³-hybridized carbons (Fsp3) is 0.750. The van der Waals surface area contributed by atoms with Gasteiger partial charge in [0.05, 0.1) is 0 Å². The van der Waals surface area contributed by atoms with Crippen molar-refractivity contribution < 1.29 is 0 Å². The van der Waals surface area contributed by atoms with E-state index in [2.05, 4.69) is 49.2 Å². The summed E-state index contributed by atoms with van der Waals surface area (Å²) < 4.78 is 0. The van der Waals surface area contributed by atoms with Crippen LogP contribution in [0, 0.1) is 6.92 Å². The van der Waals surface area contributed by atoms with E-state index in [9.17, 15) is 0 Å². The summed E-state index contributed by atoms with van der Waals surface area (Å²) in [5, 5.41) is 3.60. The van der Waals surface area contributed by atoms with Crippen LogP contribution in [0.2, 0.25) is 0 Å². The van der Waals surface area contributed by atoms with Crippen molar-refractivity contribution in [2.45, 2.75) is 45.3 Å². The number of aryl methyl sites for hydroxylation is 1. The molecule has 4 heteroatoms. The number of rotatable bonds is 9. The minimum absolute atomic E-state index is 0.801. The molecule has 0 aromatic carbocycles. The van der Waals surface area contributed by atoms with Crippen molar-refractivity contribution in [1.29, 1.82) is 0 Å². The quantitative estimate of drug-likeness (QED) is 0.756. The van der Waals surface area contributed by atoms with Crippen LogP contribution in [0.25, 0.3) is 0 Å². The van der Waals surface area contributed by atoms with E-state index in [1.807, 2.05) is 11.3 Å². The maximum absolute atomic E-state index is 3.60.